The van der Waals surface area contributed by atoms with Crippen molar-refractivity contribution in [2.75, 3.05) is 25.0 Å². The molecule has 1 aromatic carbocycles. The zero-order valence-corrected chi connectivity index (χ0v) is 12.0. The Morgan fingerprint density at radius 2 is 2.25 bits per heavy atom. The Kier molecular flexibility index (Phi) is 6.71. The number of nitriles is 1. The maximum Gasteiger partial charge on any atom is 0.238 e. The van der Waals surface area contributed by atoms with Crippen LogP contribution in [-0.2, 0) is 4.79 Å². The molecule has 5 heteroatoms. The fourth-order valence-electron chi connectivity index (χ4n) is 1.85. The minimum Gasteiger partial charge on any atom is -0.396 e. The zero-order valence-electron chi connectivity index (χ0n) is 12.0. The summed E-state index contributed by atoms with van der Waals surface area (Å²) in [6.07, 6.45) is 0.648. The van der Waals surface area contributed by atoms with Gasteiger partial charge >= 0.3 is 0 Å². The van der Waals surface area contributed by atoms with Crippen LogP contribution >= 0.6 is 0 Å². The summed E-state index contributed by atoms with van der Waals surface area (Å²) in [6, 6.07) is 9.10. The number of hydrogen-bond donors (Lipinski definition) is 2. The molecule has 0 aliphatic rings. The summed E-state index contributed by atoms with van der Waals surface area (Å²) in [7, 11) is 0. The second kappa shape index (κ2) is 8.31. The maximum atomic E-state index is 12.0. The van der Waals surface area contributed by atoms with Gasteiger partial charge in [-0.3, -0.25) is 9.69 Å². The van der Waals surface area contributed by atoms with Crippen molar-refractivity contribution in [1.29, 1.82) is 5.26 Å². The van der Waals surface area contributed by atoms with Crippen LogP contribution in [0.25, 0.3) is 0 Å². The Morgan fingerprint density at radius 3 is 2.85 bits per heavy atom. The van der Waals surface area contributed by atoms with Gasteiger partial charge in [-0.25, -0.2) is 0 Å². The van der Waals surface area contributed by atoms with E-state index in [0.717, 1.165) is 0 Å². The lowest BCUT2D eigenvalue weighted by atomic mass is 10.2. The van der Waals surface area contributed by atoms with Gasteiger partial charge in [-0.1, -0.05) is 6.07 Å². The van der Waals surface area contributed by atoms with Crippen molar-refractivity contribution >= 4 is 11.6 Å². The van der Waals surface area contributed by atoms with Crippen LogP contribution in [0, 0.1) is 11.3 Å². The van der Waals surface area contributed by atoms with Crippen molar-refractivity contribution in [2.45, 2.75) is 26.3 Å². The summed E-state index contributed by atoms with van der Waals surface area (Å²) in [5.74, 6) is -0.119. The van der Waals surface area contributed by atoms with Crippen LogP contribution in [0.15, 0.2) is 24.3 Å². The number of nitrogens with one attached hydrogen (secondary N) is 1. The van der Waals surface area contributed by atoms with E-state index in [2.05, 4.69) is 5.32 Å². The Morgan fingerprint density at radius 1 is 1.50 bits per heavy atom. The summed E-state index contributed by atoms with van der Waals surface area (Å²) in [4.78, 5) is 14.0. The normalized spacial score (nSPS) is 10.6. The first-order valence-electron chi connectivity index (χ1n) is 6.71. The molecule has 0 saturated heterocycles. The highest BCUT2D eigenvalue weighted by Gasteiger charge is 2.13. The fourth-order valence-corrected chi connectivity index (χ4v) is 1.85. The number of anilines is 1. The van der Waals surface area contributed by atoms with E-state index in [9.17, 15) is 4.79 Å². The van der Waals surface area contributed by atoms with Crippen LogP contribution in [0.2, 0.25) is 0 Å². The average molecular weight is 275 g/mol. The van der Waals surface area contributed by atoms with Gasteiger partial charge in [-0.2, -0.15) is 5.26 Å². The van der Waals surface area contributed by atoms with E-state index in [-0.39, 0.29) is 25.1 Å². The molecule has 0 aliphatic carbocycles. The van der Waals surface area contributed by atoms with Crippen LogP contribution in [0.5, 0.6) is 0 Å². The molecule has 0 bridgehead atoms. The molecule has 0 unspecified atom stereocenters. The number of nitrogens with zero attached hydrogens (tertiary/aromatic N) is 2. The molecule has 0 heterocycles. The van der Waals surface area contributed by atoms with Crippen LogP contribution in [0.3, 0.4) is 0 Å². The largest absolute Gasteiger partial charge is 0.396 e. The summed E-state index contributed by atoms with van der Waals surface area (Å²) in [5, 5.41) is 20.5. The molecule has 108 valence electrons. The van der Waals surface area contributed by atoms with E-state index in [1.807, 2.05) is 24.8 Å². The Bertz CT molecular complexity index is 480. The van der Waals surface area contributed by atoms with Crippen molar-refractivity contribution in [3.05, 3.63) is 29.8 Å². The lowest BCUT2D eigenvalue weighted by molar-refractivity contribution is -0.117. The van der Waals surface area contributed by atoms with Gasteiger partial charge in [0.15, 0.2) is 0 Å². The molecular weight excluding hydrogens is 254 g/mol. The number of benzene rings is 1. The molecule has 0 spiro atoms. The summed E-state index contributed by atoms with van der Waals surface area (Å²) >= 11 is 0. The average Bonchev–Trinajstić information content (AvgIpc) is 2.43. The van der Waals surface area contributed by atoms with Crippen LogP contribution in [-0.4, -0.2) is 41.7 Å². The fraction of sp³-hybridized carbons (Fsp3) is 0.467. The van der Waals surface area contributed by atoms with E-state index >= 15 is 0 Å². The summed E-state index contributed by atoms with van der Waals surface area (Å²) in [5.41, 5.74) is 1.14. The first-order chi connectivity index (χ1) is 9.56. The molecular formula is C15H21N3O2. The highest BCUT2D eigenvalue weighted by molar-refractivity contribution is 5.92. The topological polar surface area (TPSA) is 76.4 Å². The maximum absolute atomic E-state index is 12.0. The van der Waals surface area contributed by atoms with Crippen molar-refractivity contribution in [2.24, 2.45) is 0 Å². The molecule has 0 aromatic heterocycles. The molecule has 0 fully saturated rings. The van der Waals surface area contributed by atoms with E-state index in [1.54, 1.807) is 24.3 Å². The van der Waals surface area contributed by atoms with Gasteiger partial charge in [-0.05, 0) is 38.5 Å². The monoisotopic (exact) mass is 275 g/mol. The standard InChI is InChI=1S/C15H21N3O2/c1-12(2)18(7-4-8-19)11-15(20)17-14-6-3-5-13(9-14)10-16/h3,5-6,9,12,19H,4,7-8,11H2,1-2H3,(H,17,20). The summed E-state index contributed by atoms with van der Waals surface area (Å²) in [6.45, 7) is 5.10. The summed E-state index contributed by atoms with van der Waals surface area (Å²) < 4.78 is 0. The Balaban J connectivity index is 2.58. The third-order valence-electron chi connectivity index (χ3n) is 2.96. The molecule has 0 aliphatic heterocycles. The van der Waals surface area contributed by atoms with Gasteiger partial charge in [0, 0.05) is 24.9 Å². The molecule has 0 atom stereocenters. The SMILES string of the molecule is CC(C)N(CCCO)CC(=O)Nc1cccc(C#N)c1. The van der Waals surface area contributed by atoms with Gasteiger partial charge in [0.2, 0.25) is 5.91 Å². The van der Waals surface area contributed by atoms with Gasteiger partial charge in [-0.15, -0.1) is 0 Å². The number of amides is 1. The van der Waals surface area contributed by atoms with Gasteiger partial charge in [0.25, 0.3) is 0 Å². The molecule has 0 radical (unpaired) electrons. The Hall–Kier alpha value is -1.90. The van der Waals surface area contributed by atoms with E-state index < -0.39 is 0 Å². The lowest BCUT2D eigenvalue weighted by Crippen LogP contribution is -2.39. The smallest absolute Gasteiger partial charge is 0.238 e. The lowest BCUT2D eigenvalue weighted by Gasteiger charge is -2.25. The second-order valence-corrected chi connectivity index (χ2v) is 4.88. The quantitative estimate of drug-likeness (QED) is 0.792. The predicted molar refractivity (Wildman–Crippen MR) is 78.2 cm³/mol. The number of aliphatic hydroxyl groups is 1. The molecule has 0 saturated carbocycles. The molecule has 5 nitrogen and oxygen atoms in total. The Labute approximate surface area is 119 Å². The number of aliphatic hydroxyl groups excluding tert-OH is 1. The first-order valence-corrected chi connectivity index (χ1v) is 6.71. The molecule has 1 amide bonds. The second-order valence-electron chi connectivity index (χ2n) is 4.88. The number of carbonyl (C=O) groups is 1. The van der Waals surface area contributed by atoms with Crippen LogP contribution in [0.1, 0.15) is 25.8 Å². The van der Waals surface area contributed by atoms with Gasteiger partial charge < -0.3 is 10.4 Å². The number of hydrogen-bond acceptors (Lipinski definition) is 4. The first kappa shape index (κ1) is 16.2. The third kappa shape index (κ3) is 5.39. The van der Waals surface area contributed by atoms with Crippen molar-refractivity contribution in [3.8, 4) is 6.07 Å². The predicted octanol–water partition coefficient (Wildman–Crippen LogP) is 1.59. The van der Waals surface area contributed by atoms with E-state index in [1.165, 1.54) is 0 Å². The van der Waals surface area contributed by atoms with Crippen molar-refractivity contribution in [3.63, 3.8) is 0 Å². The highest BCUT2D eigenvalue weighted by Crippen LogP contribution is 2.10. The molecule has 1 rings (SSSR count). The van der Waals surface area contributed by atoms with Gasteiger partial charge in [0.1, 0.15) is 0 Å². The number of rotatable bonds is 7. The molecule has 2 N–H and O–H groups in total. The highest BCUT2D eigenvalue weighted by atomic mass is 16.3. The minimum atomic E-state index is -0.119. The van der Waals surface area contributed by atoms with E-state index in [4.69, 9.17) is 10.4 Å². The van der Waals surface area contributed by atoms with E-state index in [0.29, 0.717) is 24.2 Å². The van der Waals surface area contributed by atoms with Crippen LogP contribution in [0.4, 0.5) is 5.69 Å². The van der Waals surface area contributed by atoms with Crippen molar-refractivity contribution < 1.29 is 9.90 Å². The van der Waals surface area contributed by atoms with Crippen LogP contribution < -0.4 is 5.32 Å². The number of carbonyl (C=O) groups excluding carboxylic acids is 1. The van der Waals surface area contributed by atoms with Gasteiger partial charge in [0.05, 0.1) is 18.2 Å². The third-order valence-corrected chi connectivity index (χ3v) is 2.96. The minimum absolute atomic E-state index is 0.119. The molecule has 20 heavy (non-hydrogen) atoms. The zero-order chi connectivity index (χ0) is 15.0. The van der Waals surface area contributed by atoms with Crippen molar-refractivity contribution in [1.82, 2.24) is 4.90 Å². The molecule has 1 aromatic rings.